The third-order valence-corrected chi connectivity index (χ3v) is 4.71. The normalized spacial score (nSPS) is 10.8. The average molecular weight is 421 g/mol. The van der Waals surface area contributed by atoms with Crippen LogP contribution in [0.25, 0.3) is 22.3 Å². The Balaban J connectivity index is 1.65. The van der Waals surface area contributed by atoms with Gasteiger partial charge in [0.1, 0.15) is 0 Å². The highest BCUT2D eigenvalue weighted by molar-refractivity contribution is 7.71. The van der Waals surface area contributed by atoms with Crippen LogP contribution in [0.15, 0.2) is 69.2 Å². The number of benzene rings is 2. The van der Waals surface area contributed by atoms with E-state index in [9.17, 15) is 14.4 Å². The molecule has 0 aliphatic heterocycles. The lowest BCUT2D eigenvalue weighted by molar-refractivity contribution is 0.102. The molecule has 0 saturated carbocycles. The average Bonchev–Trinajstić information content (AvgIpc) is 3.17. The van der Waals surface area contributed by atoms with Crippen molar-refractivity contribution in [2.24, 2.45) is 0 Å². The van der Waals surface area contributed by atoms with Crippen molar-refractivity contribution in [2.75, 3.05) is 5.32 Å². The van der Waals surface area contributed by atoms with Gasteiger partial charge in [-0.2, -0.15) is 0 Å². The molecule has 4 rings (SSSR count). The zero-order chi connectivity index (χ0) is 21.3. The maximum atomic E-state index is 12.7. The van der Waals surface area contributed by atoms with E-state index in [4.69, 9.17) is 12.2 Å². The lowest BCUT2D eigenvalue weighted by Crippen LogP contribution is -2.22. The molecule has 30 heavy (non-hydrogen) atoms. The number of nitrogens with one attached hydrogen (secondary N) is 3. The number of allylic oxidation sites excluding steroid dienone is 1. The third-order valence-electron chi connectivity index (χ3n) is 4.39. The van der Waals surface area contributed by atoms with Gasteiger partial charge in [0, 0.05) is 23.4 Å². The van der Waals surface area contributed by atoms with Gasteiger partial charge in [0.25, 0.3) is 11.5 Å². The van der Waals surface area contributed by atoms with Crippen molar-refractivity contribution in [3.63, 3.8) is 0 Å². The van der Waals surface area contributed by atoms with Crippen molar-refractivity contribution in [3.05, 3.63) is 86.4 Å². The van der Waals surface area contributed by atoms with Gasteiger partial charge in [-0.15, -0.1) is 6.58 Å². The standard InChI is InChI=1S/C20H15N5O4S/c1-2-8-25-18(27)14-7-6-12(10-15(14)22-19(25)30)17(26)21-13-5-3-4-11(9-13)16-23-20(28)29-24-16/h2-7,9-10H,1,8H2,(H,21,26)(H,22,30)(H,23,24,28). The van der Waals surface area contributed by atoms with Gasteiger partial charge in [-0.05, 0) is 42.5 Å². The van der Waals surface area contributed by atoms with Crippen LogP contribution in [0.4, 0.5) is 5.69 Å². The summed E-state index contributed by atoms with van der Waals surface area (Å²) < 4.78 is 6.14. The second-order valence-electron chi connectivity index (χ2n) is 6.37. The van der Waals surface area contributed by atoms with E-state index in [2.05, 4.69) is 31.5 Å². The summed E-state index contributed by atoms with van der Waals surface area (Å²) in [5, 5.41) is 6.82. The smallest absolute Gasteiger partial charge is 0.332 e. The number of carbonyl (C=O) groups excluding carboxylic acids is 1. The molecule has 3 N–H and O–H groups in total. The van der Waals surface area contributed by atoms with Crippen LogP contribution >= 0.6 is 12.2 Å². The number of H-pyrrole nitrogens is 2. The van der Waals surface area contributed by atoms with E-state index in [1.54, 1.807) is 48.5 Å². The van der Waals surface area contributed by atoms with Crippen LogP contribution in [0.5, 0.6) is 0 Å². The van der Waals surface area contributed by atoms with E-state index < -0.39 is 5.76 Å². The Morgan fingerprint density at radius 3 is 2.80 bits per heavy atom. The second kappa shape index (κ2) is 7.76. The predicted octanol–water partition coefficient (Wildman–Crippen LogP) is 2.84. The minimum atomic E-state index is -0.667. The molecule has 2 heterocycles. The Kier molecular flexibility index (Phi) is 4.98. The summed E-state index contributed by atoms with van der Waals surface area (Å²) in [7, 11) is 0. The molecule has 0 radical (unpaired) electrons. The number of hydrogen-bond acceptors (Lipinski definition) is 6. The van der Waals surface area contributed by atoms with Crippen LogP contribution in [0, 0.1) is 4.77 Å². The van der Waals surface area contributed by atoms with Gasteiger partial charge >= 0.3 is 5.76 Å². The molecule has 0 aliphatic rings. The van der Waals surface area contributed by atoms with Crippen molar-refractivity contribution in [1.29, 1.82) is 0 Å². The molecule has 2 aromatic heterocycles. The molecular weight excluding hydrogens is 406 g/mol. The molecule has 2 aromatic carbocycles. The van der Waals surface area contributed by atoms with E-state index in [0.717, 1.165) is 0 Å². The Hall–Kier alpha value is -4.05. The zero-order valence-electron chi connectivity index (χ0n) is 15.5. The Labute approximate surface area is 173 Å². The summed E-state index contributed by atoms with van der Waals surface area (Å²) in [5.41, 5.74) is 1.62. The van der Waals surface area contributed by atoms with Gasteiger partial charge in [-0.3, -0.25) is 23.7 Å². The van der Waals surface area contributed by atoms with Gasteiger partial charge in [-0.1, -0.05) is 23.4 Å². The molecule has 150 valence electrons. The highest BCUT2D eigenvalue weighted by Gasteiger charge is 2.12. The summed E-state index contributed by atoms with van der Waals surface area (Å²) in [6.45, 7) is 3.91. The van der Waals surface area contributed by atoms with Gasteiger partial charge in [-0.25, -0.2) is 4.79 Å². The van der Waals surface area contributed by atoms with Crippen LogP contribution in [-0.4, -0.2) is 25.6 Å². The quantitative estimate of drug-likeness (QED) is 0.336. The SMILES string of the molecule is C=CCn1c(=S)[nH]c2cc(C(=O)Nc3cccc(-c4noc(=O)[nH]4)c3)ccc2c1=O. The number of aromatic nitrogens is 4. The molecule has 0 fully saturated rings. The van der Waals surface area contributed by atoms with Crippen LogP contribution in [0.3, 0.4) is 0 Å². The molecule has 1 amide bonds. The highest BCUT2D eigenvalue weighted by Crippen LogP contribution is 2.19. The van der Waals surface area contributed by atoms with Gasteiger partial charge in [0.2, 0.25) is 0 Å². The minimum Gasteiger partial charge on any atom is -0.332 e. The maximum absolute atomic E-state index is 12.7. The van der Waals surface area contributed by atoms with E-state index in [1.165, 1.54) is 4.57 Å². The van der Waals surface area contributed by atoms with E-state index in [1.807, 2.05) is 0 Å². The van der Waals surface area contributed by atoms with Crippen molar-refractivity contribution >= 4 is 34.7 Å². The number of carbonyl (C=O) groups is 1. The van der Waals surface area contributed by atoms with Gasteiger partial charge < -0.3 is 10.3 Å². The summed E-state index contributed by atoms with van der Waals surface area (Å²) in [6, 6.07) is 11.5. The van der Waals surface area contributed by atoms with Crippen molar-refractivity contribution in [3.8, 4) is 11.4 Å². The molecule has 0 saturated heterocycles. The number of anilines is 1. The third kappa shape index (κ3) is 3.63. The largest absolute Gasteiger partial charge is 0.439 e. The Morgan fingerprint density at radius 2 is 2.07 bits per heavy atom. The van der Waals surface area contributed by atoms with E-state index in [0.29, 0.717) is 34.3 Å². The first kappa shape index (κ1) is 19.3. The molecule has 0 bridgehead atoms. The Morgan fingerprint density at radius 1 is 1.23 bits per heavy atom. The number of aromatic amines is 2. The topological polar surface area (TPSA) is 126 Å². The summed E-state index contributed by atoms with van der Waals surface area (Å²) in [6.07, 6.45) is 1.58. The number of fused-ring (bicyclic) bond motifs is 1. The molecule has 0 spiro atoms. The fraction of sp³-hybridized carbons (Fsp3) is 0.0500. The first-order valence-corrected chi connectivity index (χ1v) is 9.22. The second-order valence-corrected chi connectivity index (χ2v) is 6.76. The number of nitrogens with zero attached hydrogens (tertiary/aromatic N) is 2. The van der Waals surface area contributed by atoms with E-state index >= 15 is 0 Å². The monoisotopic (exact) mass is 421 g/mol. The van der Waals surface area contributed by atoms with Crippen molar-refractivity contribution < 1.29 is 9.32 Å². The maximum Gasteiger partial charge on any atom is 0.439 e. The molecule has 10 heteroatoms. The minimum absolute atomic E-state index is 0.249. The molecule has 9 nitrogen and oxygen atoms in total. The van der Waals surface area contributed by atoms with Gasteiger partial charge in [0.15, 0.2) is 10.6 Å². The van der Waals surface area contributed by atoms with Crippen LogP contribution in [0.1, 0.15) is 10.4 Å². The number of amides is 1. The molecule has 4 aromatic rings. The Bertz CT molecular complexity index is 1460. The number of rotatable bonds is 5. The molecule has 0 aliphatic carbocycles. The number of hydrogen-bond donors (Lipinski definition) is 3. The fourth-order valence-electron chi connectivity index (χ4n) is 2.99. The first-order valence-electron chi connectivity index (χ1n) is 8.82. The highest BCUT2D eigenvalue weighted by atomic mass is 32.1. The summed E-state index contributed by atoms with van der Waals surface area (Å²) >= 11 is 5.23. The van der Waals surface area contributed by atoms with Crippen LogP contribution in [0.2, 0.25) is 0 Å². The lowest BCUT2D eigenvalue weighted by Gasteiger charge is -2.09. The lowest BCUT2D eigenvalue weighted by atomic mass is 10.1. The van der Waals surface area contributed by atoms with Crippen molar-refractivity contribution in [2.45, 2.75) is 6.54 Å². The summed E-state index contributed by atoms with van der Waals surface area (Å²) in [4.78, 5) is 41.8. The van der Waals surface area contributed by atoms with Crippen molar-refractivity contribution in [1.82, 2.24) is 19.7 Å². The molecule has 0 unspecified atom stereocenters. The summed E-state index contributed by atoms with van der Waals surface area (Å²) in [5.74, 6) is -0.789. The predicted molar refractivity (Wildman–Crippen MR) is 114 cm³/mol. The molecule has 0 atom stereocenters. The fourth-order valence-corrected chi connectivity index (χ4v) is 3.26. The van der Waals surface area contributed by atoms with Gasteiger partial charge in [0.05, 0.1) is 10.9 Å². The first-order chi connectivity index (χ1) is 14.5. The van der Waals surface area contributed by atoms with Crippen LogP contribution in [-0.2, 0) is 6.54 Å². The zero-order valence-corrected chi connectivity index (χ0v) is 16.3. The van der Waals surface area contributed by atoms with E-state index in [-0.39, 0.29) is 22.1 Å². The van der Waals surface area contributed by atoms with Crippen LogP contribution < -0.4 is 16.6 Å². The molecular formula is C20H15N5O4S.